The molecule has 1 aromatic rings. The zero-order chi connectivity index (χ0) is 14.8. The molecule has 0 heterocycles. The molecule has 112 valence electrons. The van der Waals surface area contributed by atoms with E-state index in [9.17, 15) is 4.79 Å². The molecule has 0 unspecified atom stereocenters. The average Bonchev–Trinajstić information content (AvgIpc) is 2.43. The van der Waals surface area contributed by atoms with E-state index in [1.165, 1.54) is 0 Å². The molecule has 0 aliphatic carbocycles. The smallest absolute Gasteiger partial charge is 0.225 e. The summed E-state index contributed by atoms with van der Waals surface area (Å²) in [6, 6.07) is 5.71. The maximum atomic E-state index is 11.8. The van der Waals surface area contributed by atoms with Gasteiger partial charge in [-0.2, -0.15) is 0 Å². The highest BCUT2D eigenvalue weighted by molar-refractivity contribution is 5.92. The predicted molar refractivity (Wildman–Crippen MR) is 80.3 cm³/mol. The third-order valence-corrected chi connectivity index (χ3v) is 2.86. The van der Waals surface area contributed by atoms with Gasteiger partial charge in [0.2, 0.25) is 5.91 Å². The first-order valence-corrected chi connectivity index (χ1v) is 6.81. The lowest BCUT2D eigenvalue weighted by molar-refractivity contribution is -0.116. The van der Waals surface area contributed by atoms with Crippen LogP contribution in [0.15, 0.2) is 18.2 Å². The molecule has 0 aliphatic rings. The molecule has 0 saturated carbocycles. The van der Waals surface area contributed by atoms with Crippen molar-refractivity contribution in [3.63, 3.8) is 0 Å². The van der Waals surface area contributed by atoms with Gasteiger partial charge < -0.3 is 20.1 Å². The third kappa shape index (κ3) is 6.04. The number of aryl methyl sites for hydroxylation is 1. The fourth-order valence-corrected chi connectivity index (χ4v) is 1.80. The van der Waals surface area contributed by atoms with Gasteiger partial charge in [0.25, 0.3) is 0 Å². The van der Waals surface area contributed by atoms with E-state index in [2.05, 4.69) is 10.6 Å². The Kier molecular flexibility index (Phi) is 7.69. The molecule has 0 fully saturated rings. The Hall–Kier alpha value is -1.59. The van der Waals surface area contributed by atoms with E-state index >= 15 is 0 Å². The van der Waals surface area contributed by atoms with Crippen LogP contribution in [0.25, 0.3) is 0 Å². The standard InChI is InChI=1S/C15H24N2O3/c1-12-5-6-14(20-3)13(11-12)17-15(18)7-9-16-8-4-10-19-2/h5-6,11,16H,4,7-10H2,1-3H3,(H,17,18). The Morgan fingerprint density at radius 1 is 1.25 bits per heavy atom. The molecular formula is C15H24N2O3. The second-order valence-electron chi connectivity index (χ2n) is 4.60. The molecule has 0 atom stereocenters. The zero-order valence-electron chi connectivity index (χ0n) is 12.5. The summed E-state index contributed by atoms with van der Waals surface area (Å²) in [7, 11) is 3.28. The van der Waals surface area contributed by atoms with Gasteiger partial charge in [0.1, 0.15) is 5.75 Å². The van der Waals surface area contributed by atoms with E-state index in [1.807, 2.05) is 25.1 Å². The maximum absolute atomic E-state index is 11.8. The molecule has 0 aromatic heterocycles. The van der Waals surface area contributed by atoms with Crippen LogP contribution in [0.5, 0.6) is 5.75 Å². The molecule has 5 nitrogen and oxygen atoms in total. The summed E-state index contributed by atoms with van der Waals surface area (Å²) in [5, 5.41) is 6.08. The molecule has 0 aliphatic heterocycles. The third-order valence-electron chi connectivity index (χ3n) is 2.86. The Labute approximate surface area is 120 Å². The molecule has 1 aromatic carbocycles. The molecule has 20 heavy (non-hydrogen) atoms. The minimum atomic E-state index is -0.0202. The van der Waals surface area contributed by atoms with E-state index in [1.54, 1.807) is 14.2 Å². The minimum absolute atomic E-state index is 0.0202. The van der Waals surface area contributed by atoms with Crippen molar-refractivity contribution in [3.8, 4) is 5.75 Å². The van der Waals surface area contributed by atoms with Crippen LogP contribution in [-0.2, 0) is 9.53 Å². The summed E-state index contributed by atoms with van der Waals surface area (Å²) >= 11 is 0. The maximum Gasteiger partial charge on any atom is 0.225 e. The number of hydrogen-bond acceptors (Lipinski definition) is 4. The molecule has 0 bridgehead atoms. The lowest BCUT2D eigenvalue weighted by Gasteiger charge is -2.11. The number of rotatable bonds is 9. The van der Waals surface area contributed by atoms with Crippen LogP contribution in [0.1, 0.15) is 18.4 Å². The van der Waals surface area contributed by atoms with Gasteiger partial charge in [-0.05, 0) is 37.6 Å². The largest absolute Gasteiger partial charge is 0.495 e. The second-order valence-corrected chi connectivity index (χ2v) is 4.60. The lowest BCUT2D eigenvalue weighted by Crippen LogP contribution is -2.23. The Morgan fingerprint density at radius 2 is 2.05 bits per heavy atom. The molecule has 0 spiro atoms. The summed E-state index contributed by atoms with van der Waals surface area (Å²) in [4.78, 5) is 11.8. The normalized spacial score (nSPS) is 10.3. The minimum Gasteiger partial charge on any atom is -0.495 e. The van der Waals surface area contributed by atoms with Crippen molar-refractivity contribution < 1.29 is 14.3 Å². The molecule has 2 N–H and O–H groups in total. The van der Waals surface area contributed by atoms with Crippen LogP contribution in [0.4, 0.5) is 5.69 Å². The summed E-state index contributed by atoms with van der Waals surface area (Å²) in [5.74, 6) is 0.658. The number of carbonyl (C=O) groups excluding carboxylic acids is 1. The van der Waals surface area contributed by atoms with E-state index in [4.69, 9.17) is 9.47 Å². The number of ether oxygens (including phenoxy) is 2. The van der Waals surface area contributed by atoms with E-state index in [0.29, 0.717) is 18.7 Å². The Balaban J connectivity index is 2.33. The van der Waals surface area contributed by atoms with Gasteiger partial charge in [-0.3, -0.25) is 4.79 Å². The fourth-order valence-electron chi connectivity index (χ4n) is 1.80. The van der Waals surface area contributed by atoms with E-state index in [-0.39, 0.29) is 5.91 Å². The number of anilines is 1. The van der Waals surface area contributed by atoms with Gasteiger partial charge in [0.05, 0.1) is 12.8 Å². The Bertz CT molecular complexity index is 422. The molecule has 0 radical (unpaired) electrons. The molecular weight excluding hydrogens is 256 g/mol. The summed E-state index contributed by atoms with van der Waals surface area (Å²) in [5.41, 5.74) is 1.80. The number of amides is 1. The van der Waals surface area contributed by atoms with Crippen molar-refractivity contribution in [3.05, 3.63) is 23.8 Å². The first kappa shape index (κ1) is 16.5. The average molecular weight is 280 g/mol. The topological polar surface area (TPSA) is 59.6 Å². The van der Waals surface area contributed by atoms with Crippen molar-refractivity contribution >= 4 is 11.6 Å². The number of benzene rings is 1. The van der Waals surface area contributed by atoms with Crippen molar-refractivity contribution in [1.82, 2.24) is 5.32 Å². The predicted octanol–water partition coefficient (Wildman–Crippen LogP) is 1.96. The first-order chi connectivity index (χ1) is 9.67. The summed E-state index contributed by atoms with van der Waals surface area (Å²) in [6.07, 6.45) is 1.38. The molecule has 1 rings (SSSR count). The monoisotopic (exact) mass is 280 g/mol. The lowest BCUT2D eigenvalue weighted by atomic mass is 10.2. The van der Waals surface area contributed by atoms with Gasteiger partial charge >= 0.3 is 0 Å². The van der Waals surface area contributed by atoms with Crippen LogP contribution in [0.3, 0.4) is 0 Å². The van der Waals surface area contributed by atoms with Crippen LogP contribution in [0.2, 0.25) is 0 Å². The van der Waals surface area contributed by atoms with Crippen molar-refractivity contribution in [2.75, 3.05) is 39.2 Å². The van der Waals surface area contributed by atoms with Crippen molar-refractivity contribution in [1.29, 1.82) is 0 Å². The second kappa shape index (κ2) is 9.34. The quantitative estimate of drug-likeness (QED) is 0.679. The highest BCUT2D eigenvalue weighted by Crippen LogP contribution is 2.25. The fraction of sp³-hybridized carbons (Fsp3) is 0.533. The van der Waals surface area contributed by atoms with Crippen molar-refractivity contribution in [2.24, 2.45) is 0 Å². The van der Waals surface area contributed by atoms with Crippen LogP contribution >= 0.6 is 0 Å². The Morgan fingerprint density at radius 3 is 2.75 bits per heavy atom. The summed E-state index contributed by atoms with van der Waals surface area (Å²) < 4.78 is 10.2. The molecule has 0 saturated heterocycles. The van der Waals surface area contributed by atoms with Crippen LogP contribution < -0.4 is 15.4 Å². The van der Waals surface area contributed by atoms with Crippen LogP contribution in [0, 0.1) is 6.92 Å². The van der Waals surface area contributed by atoms with E-state index < -0.39 is 0 Å². The van der Waals surface area contributed by atoms with Gasteiger partial charge in [0, 0.05) is 26.7 Å². The zero-order valence-corrected chi connectivity index (χ0v) is 12.5. The SMILES string of the molecule is COCCCNCCC(=O)Nc1cc(C)ccc1OC. The van der Waals surface area contributed by atoms with E-state index in [0.717, 1.165) is 30.8 Å². The van der Waals surface area contributed by atoms with Gasteiger partial charge in [-0.15, -0.1) is 0 Å². The number of nitrogens with one attached hydrogen (secondary N) is 2. The van der Waals surface area contributed by atoms with Gasteiger partial charge in [-0.25, -0.2) is 0 Å². The number of hydrogen-bond donors (Lipinski definition) is 2. The number of methoxy groups -OCH3 is 2. The highest BCUT2D eigenvalue weighted by atomic mass is 16.5. The first-order valence-electron chi connectivity index (χ1n) is 6.81. The molecule has 1 amide bonds. The van der Waals surface area contributed by atoms with Gasteiger partial charge in [0.15, 0.2) is 0 Å². The number of carbonyl (C=O) groups is 1. The van der Waals surface area contributed by atoms with Crippen molar-refractivity contribution in [2.45, 2.75) is 19.8 Å². The molecule has 5 heteroatoms. The van der Waals surface area contributed by atoms with Gasteiger partial charge in [-0.1, -0.05) is 6.07 Å². The van der Waals surface area contributed by atoms with Crippen LogP contribution in [-0.4, -0.2) is 39.8 Å². The summed E-state index contributed by atoms with van der Waals surface area (Å²) in [6.45, 7) is 4.23. The highest BCUT2D eigenvalue weighted by Gasteiger charge is 2.07.